The summed E-state index contributed by atoms with van der Waals surface area (Å²) in [6.45, 7) is 6.83. The van der Waals surface area contributed by atoms with E-state index in [2.05, 4.69) is 39.0 Å². The van der Waals surface area contributed by atoms with Crippen LogP contribution in [-0.4, -0.2) is 5.11 Å². The molecule has 0 radical (unpaired) electrons. The monoisotopic (exact) mass is 226 g/mol. The lowest BCUT2D eigenvalue weighted by molar-refractivity contribution is 0.325. The van der Waals surface area contributed by atoms with Gasteiger partial charge < -0.3 is 5.11 Å². The molecule has 88 valence electrons. The predicted molar refractivity (Wildman–Crippen MR) is 71.5 cm³/mol. The quantitative estimate of drug-likeness (QED) is 0.712. The lowest BCUT2D eigenvalue weighted by Gasteiger charge is -2.28. The Hall–Kier alpha value is -1.50. The molecule has 0 fully saturated rings. The van der Waals surface area contributed by atoms with Crippen LogP contribution >= 0.6 is 0 Å². The van der Waals surface area contributed by atoms with E-state index in [9.17, 15) is 5.11 Å². The summed E-state index contributed by atoms with van der Waals surface area (Å²) < 4.78 is 0. The zero-order valence-corrected chi connectivity index (χ0v) is 10.6. The minimum atomic E-state index is 0.236. The number of benzene rings is 2. The molecule has 0 heterocycles. The average Bonchev–Trinajstić information content (AvgIpc) is 2.58. The fourth-order valence-corrected chi connectivity index (χ4v) is 3.07. The maximum absolute atomic E-state index is 9.85. The van der Waals surface area contributed by atoms with E-state index in [4.69, 9.17) is 0 Å². The molecule has 1 aliphatic carbocycles. The Labute approximate surface area is 102 Å². The summed E-state index contributed by atoms with van der Waals surface area (Å²) in [5.41, 5.74) is 2.99. The van der Waals surface area contributed by atoms with Crippen LogP contribution in [0.2, 0.25) is 0 Å². The van der Waals surface area contributed by atoms with Gasteiger partial charge in [-0.3, -0.25) is 0 Å². The number of rotatable bonds is 0. The molecular formula is C16H18O. The van der Waals surface area contributed by atoms with Gasteiger partial charge in [0.2, 0.25) is 0 Å². The van der Waals surface area contributed by atoms with E-state index in [0.717, 1.165) is 6.42 Å². The van der Waals surface area contributed by atoms with Crippen molar-refractivity contribution in [1.29, 1.82) is 0 Å². The van der Waals surface area contributed by atoms with E-state index in [1.807, 2.05) is 12.1 Å². The van der Waals surface area contributed by atoms with Gasteiger partial charge in [0.1, 0.15) is 5.75 Å². The topological polar surface area (TPSA) is 20.2 Å². The summed E-state index contributed by atoms with van der Waals surface area (Å²) >= 11 is 0. The highest BCUT2D eigenvalue weighted by molar-refractivity contribution is 5.92. The minimum Gasteiger partial charge on any atom is -0.508 e. The van der Waals surface area contributed by atoms with Gasteiger partial charge in [-0.25, -0.2) is 0 Å². The summed E-state index contributed by atoms with van der Waals surface area (Å²) in [7, 11) is 0. The van der Waals surface area contributed by atoms with Crippen LogP contribution in [0.25, 0.3) is 10.8 Å². The van der Waals surface area contributed by atoms with Crippen LogP contribution in [0, 0.1) is 5.41 Å². The van der Waals surface area contributed by atoms with Crippen molar-refractivity contribution in [2.24, 2.45) is 5.41 Å². The third-order valence-electron chi connectivity index (χ3n) is 3.92. The summed E-state index contributed by atoms with van der Waals surface area (Å²) in [4.78, 5) is 0. The van der Waals surface area contributed by atoms with Crippen LogP contribution in [0.4, 0.5) is 0 Å². The molecule has 0 aromatic heterocycles. The minimum absolute atomic E-state index is 0.236. The van der Waals surface area contributed by atoms with Crippen LogP contribution in [0.5, 0.6) is 5.75 Å². The first-order chi connectivity index (χ1) is 7.97. The third-order valence-corrected chi connectivity index (χ3v) is 3.92. The van der Waals surface area contributed by atoms with Gasteiger partial charge in [0.25, 0.3) is 0 Å². The van der Waals surface area contributed by atoms with Crippen LogP contribution in [0.1, 0.15) is 37.8 Å². The molecule has 17 heavy (non-hydrogen) atoms. The highest BCUT2D eigenvalue weighted by Crippen LogP contribution is 2.48. The first-order valence-corrected chi connectivity index (χ1v) is 6.21. The molecule has 0 spiro atoms. The summed E-state index contributed by atoms with van der Waals surface area (Å²) in [6.07, 6.45) is 1.10. The number of aromatic hydroxyl groups is 1. The lowest BCUT2D eigenvalue weighted by Crippen LogP contribution is -2.17. The van der Waals surface area contributed by atoms with Crippen molar-refractivity contribution < 1.29 is 5.11 Å². The Morgan fingerprint density at radius 1 is 1.18 bits per heavy atom. The summed E-state index contributed by atoms with van der Waals surface area (Å²) in [5.74, 6) is 0.898. The van der Waals surface area contributed by atoms with Gasteiger partial charge in [0.05, 0.1) is 0 Å². The molecule has 2 aromatic rings. The van der Waals surface area contributed by atoms with E-state index >= 15 is 0 Å². The van der Waals surface area contributed by atoms with E-state index < -0.39 is 0 Å². The van der Waals surface area contributed by atoms with Crippen molar-refractivity contribution in [2.45, 2.75) is 33.1 Å². The van der Waals surface area contributed by atoms with E-state index in [1.165, 1.54) is 21.9 Å². The van der Waals surface area contributed by atoms with Gasteiger partial charge in [-0.1, -0.05) is 39.0 Å². The van der Waals surface area contributed by atoms with Gasteiger partial charge in [-0.05, 0) is 51.8 Å². The van der Waals surface area contributed by atoms with E-state index in [0.29, 0.717) is 11.7 Å². The van der Waals surface area contributed by atoms with Gasteiger partial charge in [-0.2, -0.15) is 0 Å². The Balaban J connectivity index is 2.32. The van der Waals surface area contributed by atoms with Crippen molar-refractivity contribution in [1.82, 2.24) is 0 Å². The van der Waals surface area contributed by atoms with Gasteiger partial charge >= 0.3 is 0 Å². The van der Waals surface area contributed by atoms with Crippen LogP contribution in [0.15, 0.2) is 30.3 Å². The van der Waals surface area contributed by atoms with Crippen molar-refractivity contribution in [3.8, 4) is 5.75 Å². The molecule has 1 N–H and O–H groups in total. The Bertz CT molecular complexity index is 590. The van der Waals surface area contributed by atoms with Gasteiger partial charge in [-0.15, -0.1) is 0 Å². The molecule has 0 saturated heterocycles. The number of hydrogen-bond acceptors (Lipinski definition) is 1. The normalized spacial score (nSPS) is 18.9. The van der Waals surface area contributed by atoms with Gasteiger partial charge in [0.15, 0.2) is 0 Å². The van der Waals surface area contributed by atoms with Crippen molar-refractivity contribution in [2.75, 3.05) is 0 Å². The molecule has 3 rings (SSSR count). The van der Waals surface area contributed by atoms with Crippen LogP contribution in [-0.2, 0) is 6.42 Å². The maximum Gasteiger partial charge on any atom is 0.116 e. The largest absolute Gasteiger partial charge is 0.508 e. The molecule has 1 unspecified atom stereocenters. The first-order valence-electron chi connectivity index (χ1n) is 6.21. The summed E-state index contributed by atoms with van der Waals surface area (Å²) in [5, 5.41) is 12.4. The van der Waals surface area contributed by atoms with Crippen LogP contribution < -0.4 is 0 Å². The van der Waals surface area contributed by atoms with Crippen molar-refractivity contribution in [3.63, 3.8) is 0 Å². The average molecular weight is 226 g/mol. The fourth-order valence-electron chi connectivity index (χ4n) is 3.07. The molecular weight excluding hydrogens is 208 g/mol. The SMILES string of the molecule is CC(C)(C)C1Cc2cccc3cc(O)cc1c23. The molecule has 1 heteroatoms. The van der Waals surface area contributed by atoms with Crippen molar-refractivity contribution in [3.05, 3.63) is 41.5 Å². The zero-order chi connectivity index (χ0) is 12.2. The van der Waals surface area contributed by atoms with Crippen LogP contribution in [0.3, 0.4) is 0 Å². The molecule has 0 amide bonds. The third kappa shape index (κ3) is 1.53. The van der Waals surface area contributed by atoms with Crippen molar-refractivity contribution >= 4 is 10.8 Å². The molecule has 1 nitrogen and oxygen atoms in total. The molecule has 0 saturated carbocycles. The van der Waals surface area contributed by atoms with E-state index in [1.54, 1.807) is 0 Å². The predicted octanol–water partition coefficient (Wildman–Crippen LogP) is 4.23. The molecule has 0 bridgehead atoms. The molecule has 0 aliphatic heterocycles. The standard InChI is InChI=1S/C16H18O/c1-16(2,3)14-8-11-6-4-5-10-7-12(17)9-13(14)15(10)11/h4-7,9,14,17H,8H2,1-3H3. The highest BCUT2D eigenvalue weighted by atomic mass is 16.3. The fraction of sp³-hybridized carbons (Fsp3) is 0.375. The Morgan fingerprint density at radius 2 is 1.94 bits per heavy atom. The second-order valence-electron chi connectivity index (χ2n) is 6.17. The maximum atomic E-state index is 9.85. The second-order valence-corrected chi connectivity index (χ2v) is 6.17. The number of phenols is 1. The molecule has 2 aromatic carbocycles. The second kappa shape index (κ2) is 3.25. The highest BCUT2D eigenvalue weighted by Gasteiger charge is 2.33. The lowest BCUT2D eigenvalue weighted by atomic mass is 9.77. The summed E-state index contributed by atoms with van der Waals surface area (Å²) in [6, 6.07) is 10.2. The Morgan fingerprint density at radius 3 is 2.65 bits per heavy atom. The first kappa shape index (κ1) is 10.6. The molecule has 1 atom stereocenters. The Kier molecular flexibility index (Phi) is 2.04. The number of phenolic OH excluding ortho intramolecular Hbond substituents is 1. The molecule has 1 aliphatic rings. The smallest absolute Gasteiger partial charge is 0.116 e. The zero-order valence-electron chi connectivity index (χ0n) is 10.6. The van der Waals surface area contributed by atoms with E-state index in [-0.39, 0.29) is 5.41 Å². The van der Waals surface area contributed by atoms with Gasteiger partial charge in [0, 0.05) is 0 Å². The number of hydrogen-bond donors (Lipinski definition) is 1.